The van der Waals surface area contributed by atoms with E-state index in [1.165, 1.54) is 24.5 Å². The van der Waals surface area contributed by atoms with Crippen LogP contribution in [0.15, 0.2) is 0 Å². The zero-order chi connectivity index (χ0) is 12.7. The highest BCUT2D eigenvalue weighted by molar-refractivity contribution is 5.23. The minimum absolute atomic E-state index is 0.494. The Morgan fingerprint density at radius 3 is 2.61 bits per heavy atom. The van der Waals surface area contributed by atoms with Crippen molar-refractivity contribution in [3.63, 3.8) is 0 Å². The second kappa shape index (κ2) is 4.64. The van der Waals surface area contributed by atoms with Gasteiger partial charge in [-0.15, -0.1) is 0 Å². The predicted octanol–water partition coefficient (Wildman–Crippen LogP) is 0.120. The van der Waals surface area contributed by atoms with E-state index in [9.17, 15) is 0 Å². The number of fused-ring (bicyclic) bond motifs is 1. The third kappa shape index (κ3) is 1.96. The number of nitrogens with zero attached hydrogens (tertiary/aromatic N) is 4. The molecule has 0 radical (unpaired) electrons. The average Bonchev–Trinajstić information content (AvgIpc) is 2.66. The standard InChI is InChI=1S/C13H23N5/c1-10-15-11-8-14-9-12(13(11)17(10)3)18-6-4-16(2)5-7-18/h12,14H,4-9H2,1-3H3. The number of hydrogen-bond acceptors (Lipinski definition) is 4. The van der Waals surface area contributed by atoms with Gasteiger partial charge in [0, 0.05) is 46.3 Å². The van der Waals surface area contributed by atoms with Gasteiger partial charge >= 0.3 is 0 Å². The Balaban J connectivity index is 1.87. The van der Waals surface area contributed by atoms with Crippen LogP contribution in [0.1, 0.15) is 23.3 Å². The summed E-state index contributed by atoms with van der Waals surface area (Å²) >= 11 is 0. The van der Waals surface area contributed by atoms with Crippen molar-refractivity contribution in [2.75, 3.05) is 39.8 Å². The van der Waals surface area contributed by atoms with Gasteiger partial charge in [0.25, 0.3) is 0 Å². The van der Waals surface area contributed by atoms with Gasteiger partial charge in [-0.25, -0.2) is 4.98 Å². The first kappa shape index (κ1) is 12.1. The highest BCUT2D eigenvalue weighted by Gasteiger charge is 2.31. The minimum Gasteiger partial charge on any atom is -0.334 e. The molecule has 1 N–H and O–H groups in total. The van der Waals surface area contributed by atoms with E-state index in [0.717, 1.165) is 32.0 Å². The number of aryl methyl sites for hydroxylation is 1. The summed E-state index contributed by atoms with van der Waals surface area (Å²) in [6, 6.07) is 0.494. The molecule has 0 saturated carbocycles. The van der Waals surface area contributed by atoms with Crippen LogP contribution in [0, 0.1) is 6.92 Å². The van der Waals surface area contributed by atoms with Crippen LogP contribution in [-0.4, -0.2) is 59.1 Å². The molecule has 0 aromatic carbocycles. The third-order valence-corrected chi connectivity index (χ3v) is 4.36. The molecule has 0 amide bonds. The topological polar surface area (TPSA) is 36.3 Å². The van der Waals surface area contributed by atoms with Gasteiger partial charge in [0.1, 0.15) is 5.82 Å². The van der Waals surface area contributed by atoms with Crippen LogP contribution in [0.4, 0.5) is 0 Å². The fraction of sp³-hybridized carbons (Fsp3) is 0.769. The number of piperazine rings is 1. The quantitative estimate of drug-likeness (QED) is 0.767. The van der Waals surface area contributed by atoms with Crippen LogP contribution in [0.3, 0.4) is 0 Å². The largest absolute Gasteiger partial charge is 0.334 e. The van der Waals surface area contributed by atoms with Gasteiger partial charge in [0.05, 0.1) is 17.4 Å². The number of nitrogens with one attached hydrogen (secondary N) is 1. The molecule has 5 nitrogen and oxygen atoms in total. The van der Waals surface area contributed by atoms with E-state index < -0.39 is 0 Å². The van der Waals surface area contributed by atoms with Crippen molar-refractivity contribution in [2.45, 2.75) is 19.5 Å². The summed E-state index contributed by atoms with van der Waals surface area (Å²) in [4.78, 5) is 9.68. The smallest absolute Gasteiger partial charge is 0.105 e. The van der Waals surface area contributed by atoms with Crippen LogP contribution in [0.25, 0.3) is 0 Å². The zero-order valence-electron chi connectivity index (χ0n) is 11.6. The molecule has 3 heterocycles. The first-order valence-corrected chi connectivity index (χ1v) is 6.82. The fourth-order valence-electron chi connectivity index (χ4n) is 3.10. The number of imidazole rings is 1. The van der Waals surface area contributed by atoms with Crippen molar-refractivity contribution in [3.8, 4) is 0 Å². The van der Waals surface area contributed by atoms with Crippen molar-refractivity contribution in [2.24, 2.45) is 7.05 Å². The van der Waals surface area contributed by atoms with Gasteiger partial charge in [-0.1, -0.05) is 0 Å². The lowest BCUT2D eigenvalue weighted by Gasteiger charge is -2.39. The summed E-state index contributed by atoms with van der Waals surface area (Å²) in [5.74, 6) is 1.13. The Hall–Kier alpha value is -0.910. The van der Waals surface area contributed by atoms with E-state index in [4.69, 9.17) is 0 Å². The van der Waals surface area contributed by atoms with Gasteiger partial charge in [-0.3, -0.25) is 4.90 Å². The first-order valence-electron chi connectivity index (χ1n) is 6.82. The summed E-state index contributed by atoms with van der Waals surface area (Å²) in [7, 11) is 4.35. The van der Waals surface area contributed by atoms with Crippen molar-refractivity contribution < 1.29 is 0 Å². The molecular weight excluding hydrogens is 226 g/mol. The van der Waals surface area contributed by atoms with Crippen LogP contribution in [-0.2, 0) is 13.6 Å². The van der Waals surface area contributed by atoms with Gasteiger partial charge in [-0.2, -0.15) is 0 Å². The Kier molecular flexibility index (Phi) is 3.13. The predicted molar refractivity (Wildman–Crippen MR) is 71.5 cm³/mol. The van der Waals surface area contributed by atoms with Crippen LogP contribution < -0.4 is 5.32 Å². The molecule has 0 bridgehead atoms. The highest BCUT2D eigenvalue weighted by Crippen LogP contribution is 2.28. The Morgan fingerprint density at radius 1 is 1.17 bits per heavy atom. The molecule has 1 fully saturated rings. The molecule has 5 heteroatoms. The molecule has 1 aromatic heterocycles. The maximum atomic E-state index is 4.67. The number of likely N-dealkylation sites (N-methyl/N-ethyl adjacent to an activating group) is 1. The average molecular weight is 249 g/mol. The van der Waals surface area contributed by atoms with Gasteiger partial charge in [-0.05, 0) is 14.0 Å². The number of rotatable bonds is 1. The lowest BCUT2D eigenvalue weighted by molar-refractivity contribution is 0.103. The molecule has 2 aliphatic rings. The minimum atomic E-state index is 0.494. The molecule has 3 rings (SSSR count). The lowest BCUT2D eigenvalue weighted by atomic mass is 10.1. The van der Waals surface area contributed by atoms with E-state index in [2.05, 4.69) is 45.7 Å². The van der Waals surface area contributed by atoms with E-state index in [0.29, 0.717) is 6.04 Å². The van der Waals surface area contributed by atoms with Gasteiger partial charge < -0.3 is 14.8 Å². The second-order valence-corrected chi connectivity index (χ2v) is 5.54. The van der Waals surface area contributed by atoms with E-state index in [-0.39, 0.29) is 0 Å². The summed E-state index contributed by atoms with van der Waals surface area (Å²) in [5.41, 5.74) is 2.67. The van der Waals surface area contributed by atoms with E-state index in [1.54, 1.807) is 0 Å². The van der Waals surface area contributed by atoms with Crippen molar-refractivity contribution in [1.82, 2.24) is 24.7 Å². The zero-order valence-corrected chi connectivity index (χ0v) is 11.6. The van der Waals surface area contributed by atoms with Crippen molar-refractivity contribution in [3.05, 3.63) is 17.2 Å². The summed E-state index contributed by atoms with van der Waals surface area (Å²) in [5, 5.41) is 3.51. The SMILES string of the molecule is Cc1nc2c(n1C)C(N1CCN(C)CC1)CNC2. The monoisotopic (exact) mass is 249 g/mol. The third-order valence-electron chi connectivity index (χ3n) is 4.36. The van der Waals surface area contributed by atoms with Crippen molar-refractivity contribution >= 4 is 0 Å². The number of hydrogen-bond donors (Lipinski definition) is 1. The summed E-state index contributed by atoms with van der Waals surface area (Å²) < 4.78 is 2.28. The molecule has 0 spiro atoms. The fourth-order valence-corrected chi connectivity index (χ4v) is 3.10. The normalized spacial score (nSPS) is 26.3. The Morgan fingerprint density at radius 2 is 1.89 bits per heavy atom. The molecule has 1 aromatic rings. The molecule has 1 unspecified atom stereocenters. The molecule has 1 saturated heterocycles. The van der Waals surface area contributed by atoms with Crippen LogP contribution in [0.2, 0.25) is 0 Å². The molecule has 2 aliphatic heterocycles. The second-order valence-electron chi connectivity index (χ2n) is 5.54. The number of aromatic nitrogens is 2. The van der Waals surface area contributed by atoms with Gasteiger partial charge in [0.2, 0.25) is 0 Å². The maximum Gasteiger partial charge on any atom is 0.105 e. The molecular formula is C13H23N5. The maximum absolute atomic E-state index is 4.67. The van der Waals surface area contributed by atoms with Crippen LogP contribution in [0.5, 0.6) is 0 Å². The summed E-state index contributed by atoms with van der Waals surface area (Å²) in [6.45, 7) is 8.72. The Bertz CT molecular complexity index is 431. The van der Waals surface area contributed by atoms with Gasteiger partial charge in [0.15, 0.2) is 0 Å². The van der Waals surface area contributed by atoms with Crippen LogP contribution >= 0.6 is 0 Å². The molecule has 100 valence electrons. The van der Waals surface area contributed by atoms with E-state index in [1.807, 2.05) is 0 Å². The molecule has 18 heavy (non-hydrogen) atoms. The summed E-state index contributed by atoms with van der Waals surface area (Å²) in [6.07, 6.45) is 0. The first-order chi connectivity index (χ1) is 8.66. The molecule has 0 aliphatic carbocycles. The lowest BCUT2D eigenvalue weighted by Crippen LogP contribution is -2.49. The Labute approximate surface area is 109 Å². The van der Waals surface area contributed by atoms with Crippen molar-refractivity contribution in [1.29, 1.82) is 0 Å². The van der Waals surface area contributed by atoms with E-state index >= 15 is 0 Å². The molecule has 1 atom stereocenters. The highest BCUT2D eigenvalue weighted by atomic mass is 15.3.